The average molecular weight is 369 g/mol. The highest BCUT2D eigenvalue weighted by Crippen LogP contribution is 2.23. The molecule has 4 nitrogen and oxygen atoms in total. The number of nitrogens with zero attached hydrogens (tertiary/aromatic N) is 1. The first-order valence-electron chi connectivity index (χ1n) is 8.94. The zero-order valence-corrected chi connectivity index (χ0v) is 15.8. The van der Waals surface area contributed by atoms with Gasteiger partial charge in [0.25, 0.3) is 0 Å². The molecule has 2 aromatic carbocycles. The van der Waals surface area contributed by atoms with Crippen molar-refractivity contribution < 1.29 is 9.53 Å². The monoisotopic (exact) mass is 368 g/mol. The number of carbonyl (C=O) groups is 1. The Morgan fingerprint density at radius 3 is 2.46 bits per heavy atom. The summed E-state index contributed by atoms with van der Waals surface area (Å²) >= 11 is 5.57. The van der Waals surface area contributed by atoms with Gasteiger partial charge in [-0.2, -0.15) is 0 Å². The van der Waals surface area contributed by atoms with Gasteiger partial charge in [0.05, 0.1) is 18.4 Å². The van der Waals surface area contributed by atoms with Gasteiger partial charge in [0, 0.05) is 13.1 Å². The molecule has 1 saturated heterocycles. The lowest BCUT2D eigenvalue weighted by molar-refractivity contribution is 0.0602. The lowest BCUT2D eigenvalue weighted by Gasteiger charge is -2.34. The van der Waals surface area contributed by atoms with Crippen LogP contribution in [0.3, 0.4) is 0 Å². The number of benzene rings is 2. The van der Waals surface area contributed by atoms with Crippen LogP contribution in [0.15, 0.2) is 54.6 Å². The fraction of sp³-hybridized carbons (Fsp3) is 0.333. The van der Waals surface area contributed by atoms with Crippen molar-refractivity contribution in [1.29, 1.82) is 0 Å². The number of methoxy groups -OCH3 is 1. The molecule has 2 aromatic rings. The third-order valence-corrected chi connectivity index (χ3v) is 5.20. The van der Waals surface area contributed by atoms with E-state index in [1.807, 2.05) is 18.2 Å². The average Bonchev–Trinajstić information content (AvgIpc) is 2.69. The number of likely N-dealkylation sites (tertiary alicyclic amines) is 1. The van der Waals surface area contributed by atoms with Crippen molar-refractivity contribution in [2.24, 2.45) is 5.92 Å². The van der Waals surface area contributed by atoms with E-state index in [0.29, 0.717) is 22.3 Å². The highest BCUT2D eigenvalue weighted by Gasteiger charge is 2.22. The SMILES string of the molecule is COC(=O)c1ccccc1NC(=S)N1CCC(Cc2ccccc2)CC1. The van der Waals surface area contributed by atoms with Crippen molar-refractivity contribution in [3.05, 3.63) is 65.7 Å². The molecule has 0 amide bonds. The van der Waals surface area contributed by atoms with Crippen LogP contribution in [0, 0.1) is 5.92 Å². The van der Waals surface area contributed by atoms with Crippen molar-refractivity contribution in [3.63, 3.8) is 0 Å². The molecule has 3 rings (SSSR count). The Balaban J connectivity index is 1.55. The van der Waals surface area contributed by atoms with E-state index in [2.05, 4.69) is 40.5 Å². The number of hydrogen-bond acceptors (Lipinski definition) is 3. The van der Waals surface area contributed by atoms with Crippen LogP contribution in [-0.2, 0) is 11.2 Å². The fourth-order valence-electron chi connectivity index (χ4n) is 3.36. The van der Waals surface area contributed by atoms with Gasteiger partial charge in [-0.05, 0) is 55.1 Å². The molecule has 136 valence electrons. The Morgan fingerprint density at radius 2 is 1.77 bits per heavy atom. The molecule has 1 N–H and O–H groups in total. The number of rotatable bonds is 4. The molecular weight excluding hydrogens is 344 g/mol. The normalized spacial score (nSPS) is 14.7. The van der Waals surface area contributed by atoms with Crippen LogP contribution in [-0.4, -0.2) is 36.2 Å². The molecule has 0 bridgehead atoms. The van der Waals surface area contributed by atoms with Gasteiger partial charge in [0.15, 0.2) is 5.11 Å². The molecule has 0 radical (unpaired) electrons. The van der Waals surface area contributed by atoms with Gasteiger partial charge in [-0.1, -0.05) is 42.5 Å². The molecule has 1 aliphatic heterocycles. The topological polar surface area (TPSA) is 41.6 Å². The van der Waals surface area contributed by atoms with Gasteiger partial charge in [-0.15, -0.1) is 0 Å². The van der Waals surface area contributed by atoms with Gasteiger partial charge in [0.1, 0.15) is 0 Å². The van der Waals surface area contributed by atoms with Crippen molar-refractivity contribution in [2.75, 3.05) is 25.5 Å². The summed E-state index contributed by atoms with van der Waals surface area (Å²) in [5.41, 5.74) is 2.59. The second-order valence-corrected chi connectivity index (χ2v) is 6.97. The molecular formula is C21H24N2O2S. The van der Waals surface area contributed by atoms with Crippen LogP contribution in [0.1, 0.15) is 28.8 Å². The quantitative estimate of drug-likeness (QED) is 0.649. The lowest BCUT2D eigenvalue weighted by Crippen LogP contribution is -2.41. The van der Waals surface area contributed by atoms with E-state index >= 15 is 0 Å². The number of ether oxygens (including phenoxy) is 1. The van der Waals surface area contributed by atoms with Crippen LogP contribution >= 0.6 is 12.2 Å². The third-order valence-electron chi connectivity index (χ3n) is 4.84. The van der Waals surface area contributed by atoms with E-state index in [1.54, 1.807) is 6.07 Å². The summed E-state index contributed by atoms with van der Waals surface area (Å²) < 4.78 is 4.84. The first kappa shape index (κ1) is 18.4. The van der Waals surface area contributed by atoms with Gasteiger partial charge in [0.2, 0.25) is 0 Å². The zero-order valence-electron chi connectivity index (χ0n) is 15.0. The van der Waals surface area contributed by atoms with Gasteiger partial charge in [-0.3, -0.25) is 0 Å². The second kappa shape index (κ2) is 8.81. The molecule has 0 saturated carbocycles. The number of carbonyl (C=O) groups excluding carboxylic acids is 1. The fourth-order valence-corrected chi connectivity index (χ4v) is 3.65. The minimum Gasteiger partial charge on any atom is -0.465 e. The molecule has 0 atom stereocenters. The number of piperidine rings is 1. The highest BCUT2D eigenvalue weighted by atomic mass is 32.1. The highest BCUT2D eigenvalue weighted by molar-refractivity contribution is 7.80. The maximum atomic E-state index is 11.9. The molecule has 0 aliphatic carbocycles. The number of nitrogens with one attached hydrogen (secondary N) is 1. The van der Waals surface area contributed by atoms with Crippen LogP contribution < -0.4 is 5.32 Å². The number of esters is 1. The predicted molar refractivity (Wildman–Crippen MR) is 108 cm³/mol. The molecule has 26 heavy (non-hydrogen) atoms. The van der Waals surface area contributed by atoms with Gasteiger partial charge < -0.3 is 15.0 Å². The minimum absolute atomic E-state index is 0.363. The summed E-state index contributed by atoms with van der Waals surface area (Å²) in [5.74, 6) is 0.330. The summed E-state index contributed by atoms with van der Waals surface area (Å²) in [5, 5.41) is 3.88. The summed E-state index contributed by atoms with van der Waals surface area (Å²) in [6, 6.07) is 17.9. The Morgan fingerprint density at radius 1 is 1.12 bits per heavy atom. The first-order valence-corrected chi connectivity index (χ1v) is 9.35. The smallest absolute Gasteiger partial charge is 0.339 e. The molecule has 5 heteroatoms. The third kappa shape index (κ3) is 4.61. The van der Waals surface area contributed by atoms with E-state index in [1.165, 1.54) is 12.7 Å². The van der Waals surface area contributed by atoms with E-state index < -0.39 is 0 Å². The summed E-state index contributed by atoms with van der Waals surface area (Å²) in [6.07, 6.45) is 3.37. The van der Waals surface area contributed by atoms with Crippen molar-refractivity contribution in [2.45, 2.75) is 19.3 Å². The summed E-state index contributed by atoms with van der Waals surface area (Å²) in [4.78, 5) is 14.1. The Hall–Kier alpha value is -2.40. The first-order chi connectivity index (χ1) is 12.7. The maximum Gasteiger partial charge on any atom is 0.339 e. The van der Waals surface area contributed by atoms with Crippen molar-refractivity contribution >= 4 is 29.0 Å². The molecule has 0 spiro atoms. The Kier molecular flexibility index (Phi) is 6.23. The largest absolute Gasteiger partial charge is 0.465 e. The standard InChI is InChI=1S/C21H24N2O2S/c1-25-20(24)18-9-5-6-10-19(18)22-21(26)23-13-11-17(12-14-23)15-16-7-3-2-4-8-16/h2-10,17H,11-15H2,1H3,(H,22,26). The molecule has 1 fully saturated rings. The molecule has 1 aliphatic rings. The number of para-hydroxylation sites is 1. The van der Waals surface area contributed by atoms with Gasteiger partial charge in [-0.25, -0.2) is 4.79 Å². The molecule has 1 heterocycles. The summed E-state index contributed by atoms with van der Waals surface area (Å²) in [7, 11) is 1.38. The van der Waals surface area contributed by atoms with E-state index in [9.17, 15) is 4.79 Å². The van der Waals surface area contributed by atoms with Crippen molar-refractivity contribution in [1.82, 2.24) is 4.90 Å². The summed E-state index contributed by atoms with van der Waals surface area (Å²) in [6.45, 7) is 1.87. The maximum absolute atomic E-state index is 11.9. The van der Waals surface area contributed by atoms with Crippen LogP contribution in [0.5, 0.6) is 0 Å². The van der Waals surface area contributed by atoms with E-state index in [4.69, 9.17) is 17.0 Å². The van der Waals surface area contributed by atoms with Crippen LogP contribution in [0.2, 0.25) is 0 Å². The lowest BCUT2D eigenvalue weighted by atomic mass is 9.90. The number of anilines is 1. The van der Waals surface area contributed by atoms with Crippen molar-refractivity contribution in [3.8, 4) is 0 Å². The number of thiocarbonyl (C=S) groups is 1. The second-order valence-electron chi connectivity index (χ2n) is 6.59. The van der Waals surface area contributed by atoms with Gasteiger partial charge >= 0.3 is 5.97 Å². The van der Waals surface area contributed by atoms with Crippen LogP contribution in [0.4, 0.5) is 5.69 Å². The van der Waals surface area contributed by atoms with Crippen LogP contribution in [0.25, 0.3) is 0 Å². The Labute approximate surface area is 160 Å². The Bertz CT molecular complexity index is 756. The minimum atomic E-state index is -0.363. The van der Waals surface area contributed by atoms with E-state index in [0.717, 1.165) is 32.4 Å². The number of hydrogen-bond donors (Lipinski definition) is 1. The molecule has 0 aromatic heterocycles. The predicted octanol–water partition coefficient (Wildman–Crippen LogP) is 4.12. The van der Waals surface area contributed by atoms with E-state index in [-0.39, 0.29) is 5.97 Å². The zero-order chi connectivity index (χ0) is 18.4. The molecule has 0 unspecified atom stereocenters.